The Hall–Kier alpha value is -3.05. The molecule has 7 nitrogen and oxygen atoms in total. The van der Waals surface area contributed by atoms with Gasteiger partial charge in [0.25, 0.3) is 0 Å². The molecule has 0 radical (unpaired) electrons. The summed E-state index contributed by atoms with van der Waals surface area (Å²) in [7, 11) is 1.45. The molecular formula is C30H23BrINO6. The molecule has 1 heterocycles. The van der Waals surface area contributed by atoms with Crippen molar-refractivity contribution in [2.75, 3.05) is 7.11 Å². The van der Waals surface area contributed by atoms with Crippen LogP contribution in [0.5, 0.6) is 11.5 Å². The standard InChI is InChI=1S/C30H23BrINO6/c1-39-23-10-15(9-21(32)28(23)36)24-16-7-8-17-25(18(16)11-19-26(24)22(34)12-20(31)27(19)35)30(38)33(29(17)37)13-14-5-3-2-4-6-14/h2-7,9-10,12,17-18,24-25,36H,8,11,13H2,1H3. The highest BCUT2D eigenvalue weighted by Crippen LogP contribution is 2.56. The first-order chi connectivity index (χ1) is 18.7. The molecule has 0 aromatic heterocycles. The van der Waals surface area contributed by atoms with E-state index < -0.39 is 23.7 Å². The Morgan fingerprint density at radius 3 is 2.54 bits per heavy atom. The van der Waals surface area contributed by atoms with Crippen molar-refractivity contribution in [3.8, 4) is 11.5 Å². The number of aromatic hydroxyl groups is 1. The molecule has 3 aliphatic carbocycles. The van der Waals surface area contributed by atoms with E-state index in [2.05, 4.69) is 15.9 Å². The van der Waals surface area contributed by atoms with E-state index in [0.717, 1.165) is 11.1 Å². The number of likely N-dealkylation sites (tertiary alicyclic amines) is 1. The topological polar surface area (TPSA) is 101 Å². The van der Waals surface area contributed by atoms with Gasteiger partial charge in [0.2, 0.25) is 11.8 Å². The lowest BCUT2D eigenvalue weighted by Crippen LogP contribution is -2.39. The van der Waals surface area contributed by atoms with Gasteiger partial charge in [0, 0.05) is 23.1 Å². The Labute approximate surface area is 246 Å². The quantitative estimate of drug-likeness (QED) is 0.210. The fraction of sp³-hybridized carbons (Fsp3) is 0.267. The lowest BCUT2D eigenvalue weighted by Gasteiger charge is -2.42. The summed E-state index contributed by atoms with van der Waals surface area (Å²) in [5, 5.41) is 10.5. The number of fused-ring (bicyclic) bond motifs is 3. The number of ketones is 2. The van der Waals surface area contributed by atoms with Gasteiger partial charge in [-0.3, -0.25) is 24.1 Å². The molecule has 9 heteroatoms. The summed E-state index contributed by atoms with van der Waals surface area (Å²) in [6, 6.07) is 12.9. The van der Waals surface area contributed by atoms with Gasteiger partial charge in [0.15, 0.2) is 23.1 Å². The van der Waals surface area contributed by atoms with E-state index in [1.54, 1.807) is 12.1 Å². The van der Waals surface area contributed by atoms with Gasteiger partial charge in [-0.2, -0.15) is 0 Å². The number of ether oxygens (including phenoxy) is 1. The Kier molecular flexibility index (Phi) is 6.61. The number of halogens is 2. The smallest absolute Gasteiger partial charge is 0.234 e. The van der Waals surface area contributed by atoms with Crippen LogP contribution in [0.25, 0.3) is 0 Å². The minimum atomic E-state index is -0.622. The molecule has 39 heavy (non-hydrogen) atoms. The van der Waals surface area contributed by atoms with Gasteiger partial charge in [-0.05, 0) is 80.5 Å². The van der Waals surface area contributed by atoms with E-state index in [9.17, 15) is 24.3 Å². The highest BCUT2D eigenvalue weighted by atomic mass is 127. The van der Waals surface area contributed by atoms with Crippen molar-refractivity contribution in [1.82, 2.24) is 4.90 Å². The van der Waals surface area contributed by atoms with Gasteiger partial charge in [0.05, 0.1) is 33.5 Å². The number of imide groups is 1. The Morgan fingerprint density at radius 1 is 1.08 bits per heavy atom. The van der Waals surface area contributed by atoms with E-state index in [1.165, 1.54) is 18.1 Å². The van der Waals surface area contributed by atoms with Crippen LogP contribution < -0.4 is 4.74 Å². The van der Waals surface area contributed by atoms with Crippen molar-refractivity contribution in [3.05, 3.63) is 90.5 Å². The molecule has 0 bridgehead atoms. The van der Waals surface area contributed by atoms with Crippen molar-refractivity contribution in [2.24, 2.45) is 17.8 Å². The van der Waals surface area contributed by atoms with Gasteiger partial charge in [-0.15, -0.1) is 0 Å². The van der Waals surface area contributed by atoms with Crippen LogP contribution in [0.1, 0.15) is 29.9 Å². The highest BCUT2D eigenvalue weighted by Gasteiger charge is 2.56. The molecule has 0 spiro atoms. The minimum Gasteiger partial charge on any atom is -0.504 e. The molecule has 2 aromatic carbocycles. The second kappa shape index (κ2) is 9.85. The van der Waals surface area contributed by atoms with E-state index >= 15 is 0 Å². The predicted octanol–water partition coefficient (Wildman–Crippen LogP) is 4.97. The molecular weight excluding hydrogens is 677 g/mol. The zero-order valence-corrected chi connectivity index (χ0v) is 24.6. The highest BCUT2D eigenvalue weighted by molar-refractivity contribution is 14.1. The molecule has 4 atom stereocenters. The number of Topliss-reactive ketones (excluding diaryl/α,β-unsaturated/α-hetero) is 1. The van der Waals surface area contributed by atoms with Crippen LogP contribution in [0.3, 0.4) is 0 Å². The first-order valence-corrected chi connectivity index (χ1v) is 14.4. The summed E-state index contributed by atoms with van der Waals surface area (Å²) in [5.74, 6) is -2.92. The summed E-state index contributed by atoms with van der Waals surface area (Å²) in [6.07, 6.45) is 3.86. The van der Waals surface area contributed by atoms with E-state index in [1.807, 2.05) is 59.0 Å². The second-order valence-corrected chi connectivity index (χ2v) is 12.2. The summed E-state index contributed by atoms with van der Waals surface area (Å²) >= 11 is 5.25. The molecule has 2 amide bonds. The third kappa shape index (κ3) is 4.12. The van der Waals surface area contributed by atoms with Crippen LogP contribution in [0, 0.1) is 21.3 Å². The summed E-state index contributed by atoms with van der Waals surface area (Å²) in [4.78, 5) is 55.4. The third-order valence-electron chi connectivity index (χ3n) is 8.21. The summed E-state index contributed by atoms with van der Waals surface area (Å²) in [5.41, 5.74) is 3.15. The van der Waals surface area contributed by atoms with Crippen LogP contribution in [0.2, 0.25) is 0 Å². The Balaban J connectivity index is 1.47. The number of phenols is 1. The Morgan fingerprint density at radius 2 is 1.82 bits per heavy atom. The Bertz CT molecular complexity index is 1560. The molecule has 2 aromatic rings. The largest absolute Gasteiger partial charge is 0.504 e. The lowest BCUT2D eigenvalue weighted by molar-refractivity contribution is -0.140. The summed E-state index contributed by atoms with van der Waals surface area (Å²) < 4.78 is 6.12. The van der Waals surface area contributed by atoms with Crippen molar-refractivity contribution in [1.29, 1.82) is 0 Å². The number of carbonyl (C=O) groups is 4. The fourth-order valence-corrected chi connectivity index (χ4v) is 7.56. The van der Waals surface area contributed by atoms with Crippen LogP contribution in [0.15, 0.2) is 75.8 Å². The van der Waals surface area contributed by atoms with Crippen molar-refractivity contribution >= 4 is 61.9 Å². The molecule has 198 valence electrons. The number of methoxy groups -OCH3 is 1. The van der Waals surface area contributed by atoms with Gasteiger partial charge in [-0.25, -0.2) is 0 Å². The first-order valence-electron chi connectivity index (χ1n) is 12.6. The van der Waals surface area contributed by atoms with E-state index in [4.69, 9.17) is 4.74 Å². The predicted molar refractivity (Wildman–Crippen MR) is 154 cm³/mol. The maximum atomic E-state index is 13.9. The minimum absolute atomic E-state index is 0.0112. The van der Waals surface area contributed by atoms with Crippen LogP contribution in [-0.4, -0.2) is 40.5 Å². The van der Waals surface area contributed by atoms with E-state index in [0.29, 0.717) is 26.7 Å². The summed E-state index contributed by atoms with van der Waals surface area (Å²) in [6.45, 7) is 0.198. The molecule has 0 saturated carbocycles. The van der Waals surface area contributed by atoms with Gasteiger partial charge < -0.3 is 9.84 Å². The molecule has 4 aliphatic rings. The van der Waals surface area contributed by atoms with Gasteiger partial charge >= 0.3 is 0 Å². The lowest BCUT2D eigenvalue weighted by atomic mass is 9.59. The normalized spacial score (nSPS) is 26.2. The number of amides is 2. The number of rotatable bonds is 4. The third-order valence-corrected chi connectivity index (χ3v) is 9.62. The van der Waals surface area contributed by atoms with E-state index in [-0.39, 0.29) is 52.3 Å². The second-order valence-electron chi connectivity index (χ2n) is 10.2. The van der Waals surface area contributed by atoms with Gasteiger partial charge in [-0.1, -0.05) is 42.0 Å². The van der Waals surface area contributed by atoms with Crippen molar-refractivity contribution < 1.29 is 29.0 Å². The average molecular weight is 700 g/mol. The molecule has 1 aliphatic heterocycles. The number of carbonyl (C=O) groups excluding carboxylic acids is 4. The van der Waals surface area contributed by atoms with Crippen LogP contribution in [0.4, 0.5) is 0 Å². The average Bonchev–Trinajstić information content (AvgIpc) is 3.17. The van der Waals surface area contributed by atoms with Crippen LogP contribution >= 0.6 is 38.5 Å². The maximum absolute atomic E-state index is 13.9. The molecule has 1 fully saturated rings. The molecule has 4 unspecified atom stereocenters. The fourth-order valence-electron chi connectivity index (χ4n) is 6.49. The van der Waals surface area contributed by atoms with Crippen molar-refractivity contribution in [3.63, 3.8) is 0 Å². The first kappa shape index (κ1) is 26.2. The zero-order chi connectivity index (χ0) is 27.6. The molecule has 1 saturated heterocycles. The van der Waals surface area contributed by atoms with Gasteiger partial charge in [0.1, 0.15) is 0 Å². The maximum Gasteiger partial charge on any atom is 0.234 e. The van der Waals surface area contributed by atoms with Crippen LogP contribution in [-0.2, 0) is 25.7 Å². The molecule has 1 N–H and O–H groups in total. The monoisotopic (exact) mass is 699 g/mol. The number of benzene rings is 2. The number of allylic oxidation sites excluding steroid dienone is 6. The number of nitrogens with zero attached hydrogens (tertiary/aromatic N) is 1. The molecule has 6 rings (SSSR count). The number of hydrogen-bond donors (Lipinski definition) is 1. The number of hydrogen-bond acceptors (Lipinski definition) is 6. The van der Waals surface area contributed by atoms with Crippen molar-refractivity contribution in [2.45, 2.75) is 25.3 Å². The SMILES string of the molecule is COc1cc(C2C3=CCC4C(=O)N(Cc5ccccc5)C(=O)C4C3CC3=C2C(=O)C=C(Br)C3=O)cc(I)c1O. The number of phenolic OH excluding ortho intramolecular Hbond substituents is 1. The zero-order valence-electron chi connectivity index (χ0n) is 20.8.